The molecule has 1 rings (SSSR count). The largest absolute Gasteiger partial charge is 0.301 e. The van der Waals surface area contributed by atoms with E-state index in [1.165, 1.54) is 32.1 Å². The molecule has 122 valence electrons. The molecule has 0 amide bonds. The molecule has 3 heteroatoms. The molecule has 1 saturated carbocycles. The van der Waals surface area contributed by atoms with Crippen molar-refractivity contribution in [2.45, 2.75) is 96.7 Å². The van der Waals surface area contributed by atoms with Gasteiger partial charge in [-0.15, -0.1) is 0 Å². The number of nitrogens with one attached hydrogen (secondary N) is 1. The third kappa shape index (κ3) is 5.96. The Morgan fingerprint density at radius 1 is 1.24 bits per heavy atom. The van der Waals surface area contributed by atoms with Gasteiger partial charge in [0.05, 0.1) is 6.07 Å². The van der Waals surface area contributed by atoms with Gasteiger partial charge in [0.15, 0.2) is 0 Å². The highest BCUT2D eigenvalue weighted by Crippen LogP contribution is 2.24. The van der Waals surface area contributed by atoms with E-state index >= 15 is 0 Å². The Labute approximate surface area is 132 Å². The molecule has 0 radical (unpaired) electrons. The first-order valence-corrected chi connectivity index (χ1v) is 9.00. The molecule has 0 heterocycles. The van der Waals surface area contributed by atoms with E-state index in [4.69, 9.17) is 0 Å². The van der Waals surface area contributed by atoms with E-state index in [0.29, 0.717) is 6.04 Å². The highest BCUT2D eigenvalue weighted by Gasteiger charge is 2.28. The molecule has 1 N–H and O–H groups in total. The van der Waals surface area contributed by atoms with Gasteiger partial charge in [-0.2, -0.15) is 5.26 Å². The second-order valence-corrected chi connectivity index (χ2v) is 6.87. The summed E-state index contributed by atoms with van der Waals surface area (Å²) in [5.74, 6) is 0. The Morgan fingerprint density at radius 3 is 2.38 bits per heavy atom. The second kappa shape index (κ2) is 9.43. The fourth-order valence-corrected chi connectivity index (χ4v) is 3.70. The van der Waals surface area contributed by atoms with Crippen LogP contribution in [0.1, 0.15) is 79.1 Å². The van der Waals surface area contributed by atoms with Gasteiger partial charge in [0.2, 0.25) is 0 Å². The molecule has 1 fully saturated rings. The van der Waals surface area contributed by atoms with Gasteiger partial charge in [-0.25, -0.2) is 0 Å². The molecule has 21 heavy (non-hydrogen) atoms. The van der Waals surface area contributed by atoms with Crippen LogP contribution in [-0.4, -0.2) is 35.6 Å². The molecular formula is C18H35N3. The lowest BCUT2D eigenvalue weighted by atomic mass is 9.90. The number of rotatable bonds is 9. The molecule has 0 bridgehead atoms. The molecule has 1 aliphatic carbocycles. The van der Waals surface area contributed by atoms with E-state index in [-0.39, 0.29) is 5.54 Å². The summed E-state index contributed by atoms with van der Waals surface area (Å²) in [4.78, 5) is 2.65. The van der Waals surface area contributed by atoms with Crippen LogP contribution in [0.3, 0.4) is 0 Å². The van der Waals surface area contributed by atoms with Crippen LogP contribution in [0.2, 0.25) is 0 Å². The number of nitrogens with zero attached hydrogens (tertiary/aromatic N) is 2. The standard InChI is InChI=1S/C18H35N3/c1-5-18(15-19,20-16(3)4)13-10-14-21(6-2)17-11-8-7-9-12-17/h16-17,20H,5-14H2,1-4H3. The van der Waals surface area contributed by atoms with Crippen LogP contribution in [-0.2, 0) is 0 Å². The first kappa shape index (κ1) is 18.5. The average Bonchev–Trinajstić information content (AvgIpc) is 2.51. The molecule has 1 aliphatic rings. The van der Waals surface area contributed by atoms with Gasteiger partial charge in [-0.05, 0) is 59.0 Å². The van der Waals surface area contributed by atoms with Crippen molar-refractivity contribution in [1.82, 2.24) is 10.2 Å². The predicted molar refractivity (Wildman–Crippen MR) is 90.3 cm³/mol. The molecule has 0 aromatic carbocycles. The van der Waals surface area contributed by atoms with Gasteiger partial charge in [-0.1, -0.05) is 33.1 Å². The van der Waals surface area contributed by atoms with E-state index in [9.17, 15) is 5.26 Å². The summed E-state index contributed by atoms with van der Waals surface area (Å²) < 4.78 is 0. The fourth-order valence-electron chi connectivity index (χ4n) is 3.70. The Balaban J connectivity index is 2.46. The van der Waals surface area contributed by atoms with E-state index < -0.39 is 0 Å². The number of hydrogen-bond acceptors (Lipinski definition) is 3. The van der Waals surface area contributed by atoms with Gasteiger partial charge >= 0.3 is 0 Å². The van der Waals surface area contributed by atoms with Gasteiger partial charge < -0.3 is 4.90 Å². The summed E-state index contributed by atoms with van der Waals surface area (Å²) in [6, 6.07) is 3.70. The zero-order valence-electron chi connectivity index (χ0n) is 14.6. The molecule has 0 aromatic rings. The van der Waals surface area contributed by atoms with Gasteiger partial charge in [0, 0.05) is 12.1 Å². The predicted octanol–water partition coefficient (Wildman–Crippen LogP) is 4.09. The summed E-state index contributed by atoms with van der Waals surface area (Å²) in [6.45, 7) is 10.9. The third-order valence-corrected chi connectivity index (χ3v) is 4.93. The minimum atomic E-state index is -0.333. The molecule has 0 aliphatic heterocycles. The summed E-state index contributed by atoms with van der Waals surface area (Å²) in [5.41, 5.74) is -0.333. The lowest BCUT2D eigenvalue weighted by Gasteiger charge is -2.35. The highest BCUT2D eigenvalue weighted by atomic mass is 15.1. The Bertz CT molecular complexity index is 315. The van der Waals surface area contributed by atoms with E-state index in [1.54, 1.807) is 0 Å². The van der Waals surface area contributed by atoms with Crippen molar-refractivity contribution in [3.8, 4) is 6.07 Å². The topological polar surface area (TPSA) is 39.1 Å². The molecule has 1 unspecified atom stereocenters. The molecule has 0 saturated heterocycles. The smallest absolute Gasteiger partial charge is 0.106 e. The maximum absolute atomic E-state index is 9.57. The summed E-state index contributed by atoms with van der Waals surface area (Å²) >= 11 is 0. The minimum absolute atomic E-state index is 0.333. The minimum Gasteiger partial charge on any atom is -0.301 e. The average molecular weight is 293 g/mol. The quantitative estimate of drug-likeness (QED) is 0.696. The molecule has 1 atom stereocenters. The van der Waals surface area contributed by atoms with Crippen LogP contribution in [0.4, 0.5) is 0 Å². The Kier molecular flexibility index (Phi) is 8.29. The second-order valence-electron chi connectivity index (χ2n) is 6.87. The monoisotopic (exact) mass is 293 g/mol. The van der Waals surface area contributed by atoms with Crippen molar-refractivity contribution < 1.29 is 0 Å². The first-order valence-electron chi connectivity index (χ1n) is 9.00. The maximum atomic E-state index is 9.57. The van der Waals surface area contributed by atoms with Crippen molar-refractivity contribution in [1.29, 1.82) is 5.26 Å². The summed E-state index contributed by atoms with van der Waals surface area (Å²) in [6.07, 6.45) is 9.91. The molecule has 0 spiro atoms. The van der Waals surface area contributed by atoms with Crippen molar-refractivity contribution in [2.24, 2.45) is 0 Å². The molecule has 3 nitrogen and oxygen atoms in total. The van der Waals surface area contributed by atoms with Gasteiger partial charge in [0.25, 0.3) is 0 Å². The van der Waals surface area contributed by atoms with Crippen molar-refractivity contribution in [3.63, 3.8) is 0 Å². The molecular weight excluding hydrogens is 258 g/mol. The lowest BCUT2D eigenvalue weighted by Crippen LogP contribution is -2.47. The van der Waals surface area contributed by atoms with E-state index in [2.05, 4.69) is 44.0 Å². The van der Waals surface area contributed by atoms with Crippen molar-refractivity contribution in [3.05, 3.63) is 0 Å². The van der Waals surface area contributed by atoms with Crippen molar-refractivity contribution in [2.75, 3.05) is 13.1 Å². The Morgan fingerprint density at radius 2 is 1.90 bits per heavy atom. The zero-order chi connectivity index (χ0) is 15.7. The van der Waals surface area contributed by atoms with Crippen molar-refractivity contribution >= 4 is 0 Å². The van der Waals surface area contributed by atoms with Crippen LogP contribution < -0.4 is 5.32 Å². The van der Waals surface area contributed by atoms with E-state index in [1.807, 2.05) is 0 Å². The van der Waals surface area contributed by atoms with Crippen LogP contribution >= 0.6 is 0 Å². The third-order valence-electron chi connectivity index (χ3n) is 4.93. The fraction of sp³-hybridized carbons (Fsp3) is 0.944. The normalized spacial score (nSPS) is 19.7. The lowest BCUT2D eigenvalue weighted by molar-refractivity contribution is 0.156. The Hall–Kier alpha value is -0.590. The summed E-state index contributed by atoms with van der Waals surface area (Å²) in [7, 11) is 0. The SMILES string of the molecule is CCN(CCCC(C#N)(CC)NC(C)C)C1CCCCC1. The maximum Gasteiger partial charge on any atom is 0.106 e. The number of nitriles is 1. The van der Waals surface area contributed by atoms with Gasteiger partial charge in [-0.3, -0.25) is 5.32 Å². The van der Waals surface area contributed by atoms with Crippen LogP contribution in [0.5, 0.6) is 0 Å². The zero-order valence-corrected chi connectivity index (χ0v) is 14.6. The number of hydrogen-bond donors (Lipinski definition) is 1. The van der Waals surface area contributed by atoms with E-state index in [0.717, 1.165) is 38.4 Å². The summed E-state index contributed by atoms with van der Waals surface area (Å²) in [5, 5.41) is 13.1. The highest BCUT2D eigenvalue weighted by molar-refractivity contribution is 5.06. The van der Waals surface area contributed by atoms with Crippen LogP contribution in [0, 0.1) is 11.3 Å². The first-order chi connectivity index (χ1) is 10.1. The van der Waals surface area contributed by atoms with Crippen LogP contribution in [0.15, 0.2) is 0 Å². The molecule has 0 aromatic heterocycles. The van der Waals surface area contributed by atoms with Gasteiger partial charge in [0.1, 0.15) is 5.54 Å². The van der Waals surface area contributed by atoms with Crippen LogP contribution in [0.25, 0.3) is 0 Å².